The lowest BCUT2D eigenvalue weighted by Crippen LogP contribution is -2.56. The van der Waals surface area contributed by atoms with Crippen molar-refractivity contribution in [2.75, 3.05) is 0 Å². The quantitative estimate of drug-likeness (QED) is 0.493. The van der Waals surface area contributed by atoms with Gasteiger partial charge in [0.1, 0.15) is 0 Å². The number of rotatable bonds is 5. The molecule has 4 saturated carbocycles. The van der Waals surface area contributed by atoms with E-state index in [1.54, 1.807) is 12.1 Å². The molecule has 1 N–H and O–H groups in total. The van der Waals surface area contributed by atoms with Crippen LogP contribution in [0.4, 0.5) is 0 Å². The van der Waals surface area contributed by atoms with E-state index in [9.17, 15) is 14.4 Å². The van der Waals surface area contributed by atoms with Crippen molar-refractivity contribution in [3.05, 3.63) is 21.3 Å². The molecule has 24 heavy (non-hydrogen) atoms. The summed E-state index contributed by atoms with van der Waals surface area (Å²) in [6.45, 7) is 0. The lowest BCUT2D eigenvalue weighted by molar-refractivity contribution is -0.139. The highest BCUT2D eigenvalue weighted by atomic mass is 35.5. The second kappa shape index (κ2) is 6.26. The molecule has 0 atom stereocenters. The zero-order valence-electron chi connectivity index (χ0n) is 13.3. The first-order chi connectivity index (χ1) is 11.5. The van der Waals surface area contributed by atoms with Gasteiger partial charge in [-0.1, -0.05) is 11.6 Å². The van der Waals surface area contributed by atoms with Crippen LogP contribution in [-0.4, -0.2) is 23.5 Å². The maximum Gasteiger partial charge on any atom is 0.288 e. The highest BCUT2D eigenvalue weighted by Gasteiger charge is 2.48. The Morgan fingerprint density at radius 3 is 2.21 bits per heavy atom. The molecule has 1 amide bonds. The first-order valence-corrected chi connectivity index (χ1v) is 9.81. The smallest absolute Gasteiger partial charge is 0.288 e. The number of halogens is 1. The second-order valence-corrected chi connectivity index (χ2v) is 9.27. The summed E-state index contributed by atoms with van der Waals surface area (Å²) in [6.07, 6.45) is 5.69. The van der Waals surface area contributed by atoms with Crippen molar-refractivity contribution < 1.29 is 14.4 Å². The van der Waals surface area contributed by atoms with E-state index in [2.05, 4.69) is 5.32 Å². The summed E-state index contributed by atoms with van der Waals surface area (Å²) in [7, 11) is 0. The van der Waals surface area contributed by atoms with Crippen LogP contribution in [0.1, 0.15) is 48.2 Å². The Bertz CT molecular complexity index is 670. The number of ketones is 2. The monoisotopic (exact) mass is 365 g/mol. The average molecular weight is 366 g/mol. The van der Waals surface area contributed by atoms with Crippen LogP contribution in [0.3, 0.4) is 0 Å². The maximum absolute atomic E-state index is 12.3. The predicted octanol–water partition coefficient (Wildman–Crippen LogP) is 3.48. The van der Waals surface area contributed by atoms with Gasteiger partial charge in [-0.15, -0.1) is 11.3 Å². The molecule has 4 aliphatic carbocycles. The van der Waals surface area contributed by atoms with Gasteiger partial charge in [-0.05, 0) is 67.9 Å². The van der Waals surface area contributed by atoms with E-state index in [0.717, 1.165) is 23.2 Å². The van der Waals surface area contributed by atoms with E-state index >= 15 is 0 Å². The molecule has 6 heteroatoms. The van der Waals surface area contributed by atoms with Crippen molar-refractivity contribution in [1.29, 1.82) is 0 Å². The van der Waals surface area contributed by atoms with Crippen molar-refractivity contribution >= 4 is 40.4 Å². The maximum atomic E-state index is 12.3. The van der Waals surface area contributed by atoms with E-state index in [0.29, 0.717) is 21.0 Å². The van der Waals surface area contributed by atoms with E-state index in [1.807, 2.05) is 0 Å². The summed E-state index contributed by atoms with van der Waals surface area (Å²) in [4.78, 5) is 36.9. The minimum Gasteiger partial charge on any atom is -0.346 e. The van der Waals surface area contributed by atoms with Gasteiger partial charge in [0.25, 0.3) is 5.91 Å². The molecule has 1 aromatic heterocycles. The molecule has 4 fully saturated rings. The Kier molecular flexibility index (Phi) is 4.25. The molecule has 1 heterocycles. The van der Waals surface area contributed by atoms with E-state index in [4.69, 9.17) is 11.6 Å². The van der Waals surface area contributed by atoms with Crippen molar-refractivity contribution in [2.45, 2.75) is 44.6 Å². The fraction of sp³-hybridized carbons (Fsp3) is 0.611. The van der Waals surface area contributed by atoms with Gasteiger partial charge in [-0.3, -0.25) is 14.4 Å². The van der Waals surface area contributed by atoms with Gasteiger partial charge < -0.3 is 5.32 Å². The molecule has 0 spiro atoms. The van der Waals surface area contributed by atoms with Gasteiger partial charge in [0.05, 0.1) is 15.6 Å². The summed E-state index contributed by atoms with van der Waals surface area (Å²) in [5.41, 5.74) is 0. The lowest BCUT2D eigenvalue weighted by Gasteiger charge is -2.54. The lowest BCUT2D eigenvalue weighted by atomic mass is 9.54. The highest BCUT2D eigenvalue weighted by Crippen LogP contribution is 2.53. The third-order valence-electron chi connectivity index (χ3n) is 5.95. The standard InChI is InChI=1S/C18H20ClNO3S/c19-16-2-1-15(24-16)13(21)8-14(22)18(23)20-17-11-4-9-3-10(6-11)7-12(17)5-9/h1-2,9-12,17H,3-8H2,(H,20,23). The number of nitrogens with one attached hydrogen (secondary N) is 1. The van der Waals surface area contributed by atoms with Crippen LogP contribution in [-0.2, 0) is 9.59 Å². The highest BCUT2D eigenvalue weighted by molar-refractivity contribution is 7.18. The molecule has 4 aliphatic rings. The number of carbonyl (C=O) groups excluding carboxylic acids is 3. The van der Waals surface area contributed by atoms with Gasteiger partial charge in [0.15, 0.2) is 5.78 Å². The fourth-order valence-electron chi connectivity index (χ4n) is 5.17. The number of amides is 1. The van der Waals surface area contributed by atoms with Crippen molar-refractivity contribution in [3.63, 3.8) is 0 Å². The molecule has 4 nitrogen and oxygen atoms in total. The van der Waals surface area contributed by atoms with Gasteiger partial charge in [-0.25, -0.2) is 0 Å². The van der Waals surface area contributed by atoms with Gasteiger partial charge in [-0.2, -0.15) is 0 Å². The molecule has 128 valence electrons. The fourth-order valence-corrected chi connectivity index (χ4v) is 6.15. The topological polar surface area (TPSA) is 63.2 Å². The van der Waals surface area contributed by atoms with Crippen LogP contribution in [0.25, 0.3) is 0 Å². The zero-order valence-corrected chi connectivity index (χ0v) is 14.9. The van der Waals surface area contributed by atoms with E-state index in [1.165, 1.54) is 32.1 Å². The minimum atomic E-state index is -0.640. The Balaban J connectivity index is 1.36. The van der Waals surface area contributed by atoms with Crippen LogP contribution in [0.15, 0.2) is 12.1 Å². The number of thiophene rings is 1. The Labute approximate surface area is 150 Å². The largest absolute Gasteiger partial charge is 0.346 e. The molecule has 0 unspecified atom stereocenters. The van der Waals surface area contributed by atoms with Crippen molar-refractivity contribution in [3.8, 4) is 0 Å². The molecule has 0 aliphatic heterocycles. The van der Waals surface area contributed by atoms with E-state index in [-0.39, 0.29) is 18.2 Å². The molecular weight excluding hydrogens is 346 g/mol. The molecule has 4 bridgehead atoms. The van der Waals surface area contributed by atoms with E-state index < -0.39 is 11.7 Å². The van der Waals surface area contributed by atoms with Crippen LogP contribution in [0.5, 0.6) is 0 Å². The van der Waals surface area contributed by atoms with Crippen molar-refractivity contribution in [2.24, 2.45) is 23.7 Å². The summed E-state index contributed by atoms with van der Waals surface area (Å²) in [6, 6.07) is 3.34. The summed E-state index contributed by atoms with van der Waals surface area (Å²) >= 11 is 6.94. The first kappa shape index (κ1) is 16.3. The zero-order chi connectivity index (χ0) is 16.8. The Hall–Kier alpha value is -1.20. The third kappa shape index (κ3) is 3.04. The molecular formula is C18H20ClNO3S. The second-order valence-electron chi connectivity index (χ2n) is 7.56. The molecule has 1 aromatic rings. The predicted molar refractivity (Wildman–Crippen MR) is 92.3 cm³/mol. The van der Waals surface area contributed by atoms with Crippen LogP contribution >= 0.6 is 22.9 Å². The minimum absolute atomic E-state index is 0.125. The number of carbonyl (C=O) groups is 3. The molecule has 5 rings (SSSR count). The van der Waals surface area contributed by atoms with Crippen LogP contribution in [0.2, 0.25) is 4.34 Å². The Morgan fingerprint density at radius 2 is 1.67 bits per heavy atom. The average Bonchev–Trinajstić information content (AvgIpc) is 2.96. The molecule has 0 radical (unpaired) electrons. The SMILES string of the molecule is O=C(CC(=O)c1ccc(Cl)s1)C(=O)NC1C2CC3CC(C2)CC1C3. The summed E-state index contributed by atoms with van der Waals surface area (Å²) in [5.74, 6) is 1.11. The van der Waals surface area contributed by atoms with Crippen LogP contribution < -0.4 is 5.32 Å². The van der Waals surface area contributed by atoms with Gasteiger partial charge in [0.2, 0.25) is 5.78 Å². The van der Waals surface area contributed by atoms with Gasteiger partial charge in [0, 0.05) is 6.04 Å². The Morgan fingerprint density at radius 1 is 1.04 bits per heavy atom. The number of hydrogen-bond donors (Lipinski definition) is 1. The summed E-state index contributed by atoms with van der Waals surface area (Å²) in [5, 5.41) is 2.96. The number of Topliss-reactive ketones (excluding diaryl/α,β-unsaturated/α-hetero) is 2. The third-order valence-corrected chi connectivity index (χ3v) is 7.22. The summed E-state index contributed by atoms with van der Waals surface area (Å²) < 4.78 is 0.504. The van der Waals surface area contributed by atoms with Gasteiger partial charge >= 0.3 is 0 Å². The van der Waals surface area contributed by atoms with Crippen LogP contribution in [0, 0.1) is 23.7 Å². The first-order valence-electron chi connectivity index (χ1n) is 8.62. The van der Waals surface area contributed by atoms with Crippen molar-refractivity contribution in [1.82, 2.24) is 5.32 Å². The normalized spacial score (nSPS) is 33.5. The molecule has 0 aromatic carbocycles. The molecule has 0 saturated heterocycles. The number of hydrogen-bond acceptors (Lipinski definition) is 4.